The van der Waals surface area contributed by atoms with Crippen LogP contribution in [-0.2, 0) is 0 Å². The quantitative estimate of drug-likeness (QED) is 0.868. The first-order chi connectivity index (χ1) is 7.43. The van der Waals surface area contributed by atoms with Gasteiger partial charge in [0.05, 0.1) is 12.1 Å². The van der Waals surface area contributed by atoms with Crippen molar-refractivity contribution in [3.63, 3.8) is 0 Å². The first-order valence-electron chi connectivity index (χ1n) is 4.85. The highest BCUT2D eigenvalue weighted by molar-refractivity contribution is 6.30. The molecular formula is C11H16ClF2NO. The van der Waals surface area contributed by atoms with Crippen LogP contribution in [0.15, 0.2) is 30.3 Å². The molecule has 0 aliphatic rings. The van der Waals surface area contributed by atoms with E-state index in [0.29, 0.717) is 0 Å². The number of rotatable bonds is 3. The lowest BCUT2D eigenvalue weighted by Gasteiger charge is -2.10. The van der Waals surface area contributed by atoms with Crippen LogP contribution < -0.4 is 5.73 Å². The molecule has 5 heteroatoms. The normalized spacial score (nSPS) is 13.9. The van der Waals surface area contributed by atoms with Crippen LogP contribution in [0, 0.1) is 0 Å². The number of nitrogens with two attached hydrogens (primary N) is 1. The van der Waals surface area contributed by atoms with E-state index in [2.05, 4.69) is 0 Å². The van der Waals surface area contributed by atoms with Crippen LogP contribution in [0.2, 0.25) is 5.02 Å². The molecule has 0 fully saturated rings. The van der Waals surface area contributed by atoms with Crippen LogP contribution >= 0.6 is 11.6 Å². The van der Waals surface area contributed by atoms with Crippen molar-refractivity contribution in [3.8, 4) is 0 Å². The molecule has 0 heterocycles. The van der Waals surface area contributed by atoms with E-state index in [1.54, 1.807) is 0 Å². The highest BCUT2D eigenvalue weighted by atomic mass is 35.5. The lowest BCUT2D eigenvalue weighted by Crippen LogP contribution is -2.31. The topological polar surface area (TPSA) is 46.2 Å². The van der Waals surface area contributed by atoms with Gasteiger partial charge >= 0.3 is 0 Å². The Morgan fingerprint density at radius 3 is 2.00 bits per heavy atom. The van der Waals surface area contributed by atoms with Crippen molar-refractivity contribution in [2.24, 2.45) is 5.73 Å². The Labute approximate surface area is 99.0 Å². The molecule has 16 heavy (non-hydrogen) atoms. The number of hydrogen-bond acceptors (Lipinski definition) is 2. The van der Waals surface area contributed by atoms with Gasteiger partial charge in [0.25, 0.3) is 6.43 Å². The van der Waals surface area contributed by atoms with Gasteiger partial charge in [0.2, 0.25) is 0 Å². The van der Waals surface area contributed by atoms with Crippen LogP contribution in [0.25, 0.3) is 0 Å². The summed E-state index contributed by atoms with van der Waals surface area (Å²) in [6.45, 7) is 1.43. The average Bonchev–Trinajstić information content (AvgIpc) is 2.18. The van der Waals surface area contributed by atoms with E-state index >= 15 is 0 Å². The van der Waals surface area contributed by atoms with E-state index in [4.69, 9.17) is 22.4 Å². The third-order valence-electron chi connectivity index (χ3n) is 1.67. The Morgan fingerprint density at radius 1 is 1.31 bits per heavy atom. The predicted octanol–water partition coefficient (Wildman–Crippen LogP) is 2.69. The van der Waals surface area contributed by atoms with Gasteiger partial charge in [-0.2, -0.15) is 0 Å². The summed E-state index contributed by atoms with van der Waals surface area (Å²) in [7, 11) is 0. The van der Waals surface area contributed by atoms with E-state index < -0.39 is 18.6 Å². The minimum atomic E-state index is -2.53. The molecule has 92 valence electrons. The number of aliphatic hydroxyl groups is 1. The molecule has 0 bridgehead atoms. The zero-order valence-corrected chi connectivity index (χ0v) is 9.74. The average molecular weight is 252 g/mol. The second kappa shape index (κ2) is 8.44. The molecule has 1 rings (SSSR count). The van der Waals surface area contributed by atoms with Gasteiger partial charge in [-0.05, 0) is 25.5 Å². The van der Waals surface area contributed by atoms with Crippen molar-refractivity contribution in [3.05, 3.63) is 35.4 Å². The minimum absolute atomic E-state index is 0.0440. The Bertz CT molecular complexity index is 270. The molecule has 2 nitrogen and oxygen atoms in total. The third-order valence-corrected chi connectivity index (χ3v) is 1.92. The van der Waals surface area contributed by atoms with Crippen molar-refractivity contribution in [2.45, 2.75) is 31.9 Å². The molecule has 0 aliphatic heterocycles. The predicted molar refractivity (Wildman–Crippen MR) is 61.7 cm³/mol. The van der Waals surface area contributed by atoms with Crippen LogP contribution in [0.4, 0.5) is 8.78 Å². The number of aliphatic hydroxyl groups excluding tert-OH is 1. The first-order valence-corrected chi connectivity index (χ1v) is 5.23. The molecule has 0 saturated carbocycles. The monoisotopic (exact) mass is 251 g/mol. The molecule has 0 amide bonds. The highest BCUT2D eigenvalue weighted by Gasteiger charge is 2.16. The third kappa shape index (κ3) is 8.59. The van der Waals surface area contributed by atoms with Gasteiger partial charge in [0, 0.05) is 5.02 Å². The van der Waals surface area contributed by atoms with Crippen LogP contribution in [0.3, 0.4) is 0 Å². The fourth-order valence-electron chi connectivity index (χ4n) is 0.911. The van der Waals surface area contributed by atoms with Crippen LogP contribution in [-0.4, -0.2) is 23.7 Å². The largest absolute Gasteiger partial charge is 0.393 e. The lowest BCUT2D eigenvalue weighted by molar-refractivity contribution is 0.0816. The maximum Gasteiger partial charge on any atom is 0.253 e. The summed E-state index contributed by atoms with van der Waals surface area (Å²) in [6, 6.07) is 8.25. The van der Waals surface area contributed by atoms with Crippen LogP contribution in [0.5, 0.6) is 0 Å². The summed E-state index contributed by atoms with van der Waals surface area (Å²) >= 11 is 5.54. The minimum Gasteiger partial charge on any atom is -0.393 e. The fraction of sp³-hybridized carbons (Fsp3) is 0.455. The van der Waals surface area contributed by atoms with E-state index in [9.17, 15) is 8.78 Å². The molecule has 0 spiro atoms. The molecule has 0 aromatic heterocycles. The Hall–Kier alpha value is -0.710. The standard InChI is InChI=1S/C6H5Cl.C5H11F2NO/c7-6-4-2-1-3-5-6;1-3(9)2-4(8)5(6)7/h1-5H;3-5,9H,2,8H2,1H3. The molecule has 1 aromatic carbocycles. The van der Waals surface area contributed by atoms with E-state index in [-0.39, 0.29) is 6.42 Å². The SMILES string of the molecule is CC(O)CC(N)C(F)F.Clc1ccccc1. The Morgan fingerprint density at radius 2 is 1.81 bits per heavy atom. The number of hydrogen-bond donors (Lipinski definition) is 2. The Balaban J connectivity index is 0.000000288. The summed E-state index contributed by atoms with van der Waals surface area (Å²) in [5.74, 6) is 0. The van der Waals surface area contributed by atoms with Gasteiger partial charge in [0.1, 0.15) is 0 Å². The van der Waals surface area contributed by atoms with Crippen molar-refractivity contribution in [2.75, 3.05) is 0 Å². The number of benzene rings is 1. The van der Waals surface area contributed by atoms with Crippen molar-refractivity contribution >= 4 is 11.6 Å². The van der Waals surface area contributed by atoms with E-state index in [0.717, 1.165) is 5.02 Å². The molecule has 2 atom stereocenters. The van der Waals surface area contributed by atoms with E-state index in [1.807, 2.05) is 30.3 Å². The molecule has 0 radical (unpaired) electrons. The number of halogens is 3. The molecule has 1 aromatic rings. The van der Waals surface area contributed by atoms with Gasteiger partial charge in [-0.15, -0.1) is 0 Å². The van der Waals surface area contributed by atoms with Gasteiger partial charge < -0.3 is 10.8 Å². The van der Waals surface area contributed by atoms with Crippen molar-refractivity contribution in [1.82, 2.24) is 0 Å². The van der Waals surface area contributed by atoms with Crippen molar-refractivity contribution in [1.29, 1.82) is 0 Å². The van der Waals surface area contributed by atoms with Gasteiger partial charge in [-0.1, -0.05) is 29.8 Å². The summed E-state index contributed by atoms with van der Waals surface area (Å²) in [6.07, 6.45) is -3.31. The molecule has 0 aliphatic carbocycles. The Kier molecular flexibility index (Phi) is 8.07. The van der Waals surface area contributed by atoms with E-state index in [1.165, 1.54) is 6.92 Å². The molecule has 0 saturated heterocycles. The number of alkyl halides is 2. The lowest BCUT2D eigenvalue weighted by atomic mass is 10.1. The first kappa shape index (κ1) is 15.3. The second-order valence-corrected chi connectivity index (χ2v) is 3.82. The summed E-state index contributed by atoms with van der Waals surface area (Å²) in [4.78, 5) is 0. The van der Waals surface area contributed by atoms with Gasteiger partial charge in [0.15, 0.2) is 0 Å². The highest BCUT2D eigenvalue weighted by Crippen LogP contribution is 2.04. The summed E-state index contributed by atoms with van der Waals surface area (Å²) in [5, 5.41) is 9.35. The maximum atomic E-state index is 11.6. The summed E-state index contributed by atoms with van der Waals surface area (Å²) < 4.78 is 23.1. The zero-order chi connectivity index (χ0) is 12.6. The molecule has 3 N–H and O–H groups in total. The maximum absolute atomic E-state index is 11.6. The van der Waals surface area contributed by atoms with Crippen molar-refractivity contribution < 1.29 is 13.9 Å². The summed E-state index contributed by atoms with van der Waals surface area (Å²) in [5.41, 5.74) is 4.91. The van der Waals surface area contributed by atoms with Gasteiger partial charge in [-0.25, -0.2) is 8.78 Å². The zero-order valence-electron chi connectivity index (χ0n) is 8.98. The second-order valence-electron chi connectivity index (χ2n) is 3.38. The fourth-order valence-corrected chi connectivity index (χ4v) is 1.06. The van der Waals surface area contributed by atoms with Gasteiger partial charge in [-0.3, -0.25) is 0 Å². The van der Waals surface area contributed by atoms with Crippen LogP contribution in [0.1, 0.15) is 13.3 Å². The smallest absolute Gasteiger partial charge is 0.253 e. The molecule has 2 unspecified atom stereocenters. The molecular weight excluding hydrogens is 236 g/mol.